The normalized spacial score (nSPS) is 11.6. The van der Waals surface area contributed by atoms with Crippen LogP contribution in [0.5, 0.6) is 0 Å². The molecular formula is C12H12N6OS. The molecule has 1 heterocycles. The number of aromatic amines is 1. The van der Waals surface area contributed by atoms with Crippen LogP contribution in [0.3, 0.4) is 0 Å². The van der Waals surface area contributed by atoms with Crippen molar-refractivity contribution in [1.82, 2.24) is 15.2 Å². The van der Waals surface area contributed by atoms with Crippen LogP contribution in [0.1, 0.15) is 12.5 Å². The van der Waals surface area contributed by atoms with E-state index in [0.717, 1.165) is 0 Å². The minimum absolute atomic E-state index is 0.204. The summed E-state index contributed by atoms with van der Waals surface area (Å²) in [6, 6.07) is 8.84. The van der Waals surface area contributed by atoms with E-state index in [1.54, 1.807) is 31.2 Å². The van der Waals surface area contributed by atoms with E-state index >= 15 is 0 Å². The fourth-order valence-electron chi connectivity index (χ4n) is 1.45. The summed E-state index contributed by atoms with van der Waals surface area (Å²) in [5, 5.41) is 18.0. The summed E-state index contributed by atoms with van der Waals surface area (Å²) >= 11 is 1.18. The number of hydrogen-bond donors (Lipinski definition) is 3. The van der Waals surface area contributed by atoms with E-state index in [0.29, 0.717) is 16.4 Å². The summed E-state index contributed by atoms with van der Waals surface area (Å²) in [5.41, 5.74) is 6.32. The van der Waals surface area contributed by atoms with Gasteiger partial charge in [0.2, 0.25) is 17.0 Å². The Labute approximate surface area is 119 Å². The number of anilines is 2. The molecule has 1 aromatic carbocycles. The average Bonchev–Trinajstić information content (AvgIpc) is 2.84. The minimum Gasteiger partial charge on any atom is -0.368 e. The summed E-state index contributed by atoms with van der Waals surface area (Å²) in [5.74, 6) is -0.0315. The lowest BCUT2D eigenvalue weighted by Crippen LogP contribution is -2.23. The highest BCUT2D eigenvalue weighted by molar-refractivity contribution is 8.00. The number of nitrogen functional groups attached to an aromatic ring is 1. The molecule has 102 valence electrons. The first-order chi connectivity index (χ1) is 9.60. The molecule has 0 aliphatic heterocycles. The minimum atomic E-state index is -0.419. The van der Waals surface area contributed by atoms with Crippen LogP contribution in [0.15, 0.2) is 29.4 Å². The highest BCUT2D eigenvalue weighted by atomic mass is 32.2. The molecule has 0 radical (unpaired) electrons. The Morgan fingerprint density at radius 1 is 1.55 bits per heavy atom. The number of aromatic nitrogens is 3. The van der Waals surface area contributed by atoms with Crippen molar-refractivity contribution in [2.45, 2.75) is 17.3 Å². The zero-order valence-electron chi connectivity index (χ0n) is 10.6. The molecule has 1 aromatic heterocycles. The summed E-state index contributed by atoms with van der Waals surface area (Å²) in [4.78, 5) is 16.0. The Morgan fingerprint density at radius 3 is 2.95 bits per heavy atom. The van der Waals surface area contributed by atoms with Gasteiger partial charge in [0, 0.05) is 0 Å². The second-order valence-corrected chi connectivity index (χ2v) is 5.22. The molecule has 7 nitrogen and oxygen atoms in total. The van der Waals surface area contributed by atoms with E-state index in [1.165, 1.54) is 11.8 Å². The number of H-pyrrole nitrogens is 1. The Hall–Kier alpha value is -2.53. The molecule has 2 aromatic rings. The summed E-state index contributed by atoms with van der Waals surface area (Å²) in [7, 11) is 0. The largest absolute Gasteiger partial charge is 0.368 e. The Balaban J connectivity index is 2.02. The molecule has 1 atom stereocenters. The molecule has 0 aliphatic carbocycles. The zero-order valence-corrected chi connectivity index (χ0v) is 11.4. The van der Waals surface area contributed by atoms with Crippen LogP contribution in [0.2, 0.25) is 0 Å². The van der Waals surface area contributed by atoms with Crippen LogP contribution in [0.4, 0.5) is 11.6 Å². The van der Waals surface area contributed by atoms with Crippen molar-refractivity contribution in [1.29, 1.82) is 5.26 Å². The van der Waals surface area contributed by atoms with Crippen molar-refractivity contribution >= 4 is 29.3 Å². The zero-order chi connectivity index (χ0) is 14.5. The van der Waals surface area contributed by atoms with Gasteiger partial charge in [-0.2, -0.15) is 10.2 Å². The number of hydrogen-bond acceptors (Lipinski definition) is 6. The molecule has 20 heavy (non-hydrogen) atoms. The molecule has 0 saturated carbocycles. The number of thioether (sulfide) groups is 1. The molecule has 8 heteroatoms. The third kappa shape index (κ3) is 3.27. The second-order valence-electron chi connectivity index (χ2n) is 3.91. The van der Waals surface area contributed by atoms with Crippen molar-refractivity contribution in [3.8, 4) is 6.07 Å². The van der Waals surface area contributed by atoms with E-state index in [-0.39, 0.29) is 11.9 Å². The summed E-state index contributed by atoms with van der Waals surface area (Å²) < 4.78 is 0. The number of nitrogens with one attached hydrogen (secondary N) is 2. The SMILES string of the molecule is C[C@H](Sc1n[nH]c(N)n1)C(=O)Nc1ccccc1C#N. The number of rotatable bonds is 4. The molecule has 0 saturated heterocycles. The van der Waals surface area contributed by atoms with E-state index in [2.05, 4.69) is 20.5 Å². The van der Waals surface area contributed by atoms with Gasteiger partial charge in [0.05, 0.1) is 16.5 Å². The van der Waals surface area contributed by atoms with Crippen LogP contribution in [0.25, 0.3) is 0 Å². The lowest BCUT2D eigenvalue weighted by Gasteiger charge is -2.10. The van der Waals surface area contributed by atoms with Crippen molar-refractivity contribution in [3.63, 3.8) is 0 Å². The van der Waals surface area contributed by atoms with Gasteiger partial charge >= 0.3 is 0 Å². The third-order valence-electron chi connectivity index (χ3n) is 2.44. The van der Waals surface area contributed by atoms with Gasteiger partial charge in [-0.05, 0) is 19.1 Å². The molecule has 1 amide bonds. The molecule has 0 unspecified atom stereocenters. The first-order valence-corrected chi connectivity index (χ1v) is 6.62. The van der Waals surface area contributed by atoms with Gasteiger partial charge in [0.1, 0.15) is 6.07 Å². The first-order valence-electron chi connectivity index (χ1n) is 5.74. The average molecular weight is 288 g/mol. The Kier molecular flexibility index (Phi) is 4.22. The number of nitrogens with two attached hydrogens (primary N) is 1. The molecular weight excluding hydrogens is 276 g/mol. The van der Waals surface area contributed by atoms with E-state index < -0.39 is 5.25 Å². The van der Waals surface area contributed by atoms with Crippen molar-refractivity contribution < 1.29 is 4.79 Å². The molecule has 0 spiro atoms. The number of nitriles is 1. The fraction of sp³-hybridized carbons (Fsp3) is 0.167. The van der Waals surface area contributed by atoms with Crippen molar-refractivity contribution in [2.75, 3.05) is 11.1 Å². The molecule has 0 bridgehead atoms. The van der Waals surface area contributed by atoms with Gasteiger partial charge in [-0.25, -0.2) is 5.10 Å². The van der Waals surface area contributed by atoms with Crippen LogP contribution < -0.4 is 11.1 Å². The smallest absolute Gasteiger partial charge is 0.237 e. The van der Waals surface area contributed by atoms with E-state index in [4.69, 9.17) is 11.0 Å². The topological polar surface area (TPSA) is 120 Å². The predicted molar refractivity (Wildman–Crippen MR) is 75.9 cm³/mol. The monoisotopic (exact) mass is 288 g/mol. The van der Waals surface area contributed by atoms with E-state index in [9.17, 15) is 4.79 Å². The number of nitrogens with zero attached hydrogens (tertiary/aromatic N) is 3. The van der Waals surface area contributed by atoms with Gasteiger partial charge in [-0.3, -0.25) is 4.79 Å². The summed E-state index contributed by atoms with van der Waals surface area (Å²) in [6.07, 6.45) is 0. The van der Waals surface area contributed by atoms with Gasteiger partial charge in [-0.1, -0.05) is 23.9 Å². The van der Waals surface area contributed by atoms with Crippen molar-refractivity contribution in [2.24, 2.45) is 0 Å². The maximum atomic E-state index is 12.1. The van der Waals surface area contributed by atoms with Gasteiger partial charge in [0.15, 0.2) is 0 Å². The molecule has 2 rings (SSSR count). The maximum Gasteiger partial charge on any atom is 0.237 e. The van der Waals surface area contributed by atoms with Crippen LogP contribution in [-0.2, 0) is 4.79 Å². The number of carbonyl (C=O) groups is 1. The van der Waals surface area contributed by atoms with Gasteiger partial charge in [-0.15, -0.1) is 5.10 Å². The quantitative estimate of drug-likeness (QED) is 0.731. The second kappa shape index (κ2) is 6.08. The first kappa shape index (κ1) is 13.9. The number of amides is 1. The van der Waals surface area contributed by atoms with Crippen LogP contribution in [-0.4, -0.2) is 26.3 Å². The Bertz CT molecular complexity index is 662. The number of benzene rings is 1. The van der Waals surface area contributed by atoms with Crippen LogP contribution >= 0.6 is 11.8 Å². The lowest BCUT2D eigenvalue weighted by molar-refractivity contribution is -0.115. The molecule has 4 N–H and O–H groups in total. The standard InChI is InChI=1S/C12H12N6OS/c1-7(20-12-16-11(14)17-18-12)10(19)15-9-5-3-2-4-8(9)6-13/h2-5,7H,1H3,(H,15,19)(H3,14,16,17,18)/t7-/m0/s1. The number of carbonyl (C=O) groups excluding carboxylic acids is 1. The lowest BCUT2D eigenvalue weighted by atomic mass is 10.2. The van der Waals surface area contributed by atoms with Gasteiger partial charge < -0.3 is 11.1 Å². The highest BCUT2D eigenvalue weighted by Crippen LogP contribution is 2.21. The highest BCUT2D eigenvalue weighted by Gasteiger charge is 2.17. The van der Waals surface area contributed by atoms with E-state index in [1.807, 2.05) is 6.07 Å². The molecule has 0 fully saturated rings. The predicted octanol–water partition coefficient (Wildman–Crippen LogP) is 1.38. The Morgan fingerprint density at radius 2 is 2.30 bits per heavy atom. The molecule has 0 aliphatic rings. The summed E-state index contributed by atoms with van der Waals surface area (Å²) in [6.45, 7) is 1.72. The maximum absolute atomic E-state index is 12.1. The number of para-hydroxylation sites is 1. The third-order valence-corrected chi connectivity index (χ3v) is 3.40. The van der Waals surface area contributed by atoms with Crippen LogP contribution in [0, 0.1) is 11.3 Å². The van der Waals surface area contributed by atoms with Crippen molar-refractivity contribution in [3.05, 3.63) is 29.8 Å². The van der Waals surface area contributed by atoms with Gasteiger partial charge in [0.25, 0.3) is 0 Å². The fourth-order valence-corrected chi connectivity index (χ4v) is 2.18.